The van der Waals surface area contributed by atoms with Crippen molar-refractivity contribution in [2.75, 3.05) is 32.7 Å². The Balaban J connectivity index is 1.53. The van der Waals surface area contributed by atoms with E-state index in [-0.39, 0.29) is 42.1 Å². The van der Waals surface area contributed by atoms with Crippen molar-refractivity contribution in [1.82, 2.24) is 0 Å². The lowest BCUT2D eigenvalue weighted by Crippen LogP contribution is -2.64. The number of aliphatic hydroxyl groups excluding tert-OH is 2. The first-order chi connectivity index (χ1) is 25.0. The number of rotatable bonds is 18. The summed E-state index contributed by atoms with van der Waals surface area (Å²) in [5, 5.41) is 24.2. The zero-order valence-corrected chi connectivity index (χ0v) is 31.4. The Morgan fingerprint density at radius 1 is 0.941 bits per heavy atom. The predicted octanol–water partition coefficient (Wildman–Crippen LogP) is 9.65. The number of fused-ring (bicyclic) bond motifs is 2. The minimum atomic E-state index is -1.02. The Kier molecular flexibility index (Phi) is 13.3. The van der Waals surface area contributed by atoms with Gasteiger partial charge in [-0.3, -0.25) is 0 Å². The number of hydrogen-bond acceptors (Lipinski definition) is 9. The van der Waals surface area contributed by atoms with Gasteiger partial charge in [0, 0.05) is 40.9 Å². The van der Waals surface area contributed by atoms with Crippen LogP contribution in [0.15, 0.2) is 112 Å². The molecular weight excluding hydrogens is 679 g/mol. The Hall–Kier alpha value is -3.21. The first-order valence-corrected chi connectivity index (χ1v) is 20.4. The summed E-state index contributed by atoms with van der Waals surface area (Å²) in [7, 11) is 0. The van der Waals surface area contributed by atoms with Crippen LogP contribution in [0, 0.1) is 17.8 Å². The van der Waals surface area contributed by atoms with Crippen molar-refractivity contribution >= 4 is 29.2 Å². The number of benzene rings is 3. The molecule has 6 atom stereocenters. The highest BCUT2D eigenvalue weighted by molar-refractivity contribution is 8.00. The van der Waals surface area contributed by atoms with Crippen molar-refractivity contribution in [2.45, 2.75) is 78.6 Å². The zero-order valence-electron chi connectivity index (χ0n) is 29.7. The summed E-state index contributed by atoms with van der Waals surface area (Å²) in [4.78, 5) is 8.14. The Morgan fingerprint density at radius 2 is 1.69 bits per heavy atom. The molecule has 3 aromatic carbocycles. The molecule has 7 nitrogen and oxygen atoms in total. The minimum absolute atomic E-state index is 0.00445. The van der Waals surface area contributed by atoms with Gasteiger partial charge in [0.2, 0.25) is 5.79 Å². The van der Waals surface area contributed by atoms with E-state index in [1.54, 1.807) is 29.6 Å². The van der Waals surface area contributed by atoms with Gasteiger partial charge in [-0.25, -0.2) is 0 Å². The van der Waals surface area contributed by atoms with Gasteiger partial charge in [0.25, 0.3) is 0 Å². The number of hydrogen-bond donors (Lipinski definition) is 2. The Labute approximate surface area is 311 Å². The molecule has 3 aromatic rings. The smallest absolute Gasteiger partial charge is 0.231 e. The number of oxime groups is 1. The van der Waals surface area contributed by atoms with Crippen LogP contribution in [-0.4, -0.2) is 59.6 Å². The second-order valence-corrected chi connectivity index (χ2v) is 15.5. The molecule has 2 aliphatic carbocycles. The number of thioether (sulfide) groups is 2. The first kappa shape index (κ1) is 37.5. The Bertz CT molecular complexity index is 1650. The summed E-state index contributed by atoms with van der Waals surface area (Å²) in [5.74, 6) is 1.58. The molecule has 0 saturated heterocycles. The fraction of sp³-hybridized carbons (Fsp3) is 0.452. The lowest BCUT2D eigenvalue weighted by Gasteiger charge is -2.58. The van der Waals surface area contributed by atoms with Crippen LogP contribution in [-0.2, 0) is 9.57 Å². The van der Waals surface area contributed by atoms with Gasteiger partial charge in [-0.1, -0.05) is 48.3 Å². The molecule has 3 aliphatic rings. The molecule has 272 valence electrons. The van der Waals surface area contributed by atoms with Crippen LogP contribution in [0.5, 0.6) is 17.2 Å². The van der Waals surface area contributed by atoms with E-state index >= 15 is 0 Å². The first-order valence-electron chi connectivity index (χ1n) is 18.3. The lowest BCUT2D eigenvalue weighted by atomic mass is 9.56. The van der Waals surface area contributed by atoms with Gasteiger partial charge in [-0.2, -0.15) is 0 Å². The molecule has 9 heteroatoms. The van der Waals surface area contributed by atoms with E-state index in [0.29, 0.717) is 19.6 Å². The van der Waals surface area contributed by atoms with Crippen LogP contribution in [0.1, 0.15) is 63.4 Å². The summed E-state index contributed by atoms with van der Waals surface area (Å²) in [6.45, 7) is 7.14. The molecule has 0 spiro atoms. The fourth-order valence-electron chi connectivity index (χ4n) is 8.07. The van der Waals surface area contributed by atoms with Crippen LogP contribution >= 0.6 is 23.5 Å². The molecule has 6 unspecified atom stereocenters. The number of allylic oxidation sites excluding steroid dienone is 1. The van der Waals surface area contributed by atoms with Crippen molar-refractivity contribution in [3.05, 3.63) is 103 Å². The molecule has 0 radical (unpaired) electrons. The van der Waals surface area contributed by atoms with E-state index in [0.717, 1.165) is 77.5 Å². The van der Waals surface area contributed by atoms with Gasteiger partial charge in [0.05, 0.1) is 23.5 Å². The maximum atomic E-state index is 9.86. The van der Waals surface area contributed by atoms with E-state index < -0.39 is 5.79 Å². The van der Waals surface area contributed by atoms with Crippen LogP contribution in [0.25, 0.3) is 0 Å². The lowest BCUT2D eigenvalue weighted by molar-refractivity contribution is -0.223. The van der Waals surface area contributed by atoms with Gasteiger partial charge in [-0.15, -0.1) is 30.1 Å². The number of aliphatic hydroxyl groups is 2. The topological polar surface area (TPSA) is 89.7 Å². The van der Waals surface area contributed by atoms with Crippen LogP contribution in [0.3, 0.4) is 0 Å². The average Bonchev–Trinajstić information content (AvgIpc) is 3.16. The number of unbranched alkanes of at least 4 members (excludes halogenated alkanes) is 2. The quantitative estimate of drug-likeness (QED) is 0.0579. The minimum Gasteiger partial charge on any atom is -0.460 e. The van der Waals surface area contributed by atoms with E-state index in [9.17, 15) is 10.2 Å². The van der Waals surface area contributed by atoms with E-state index in [4.69, 9.17) is 24.2 Å². The highest BCUT2D eigenvalue weighted by atomic mass is 32.2. The summed E-state index contributed by atoms with van der Waals surface area (Å²) in [6.07, 6.45) is 12.1. The fourth-order valence-corrected chi connectivity index (χ4v) is 9.79. The molecule has 1 aliphatic heterocycles. The van der Waals surface area contributed by atoms with Gasteiger partial charge in [0.15, 0.2) is 0 Å². The monoisotopic (exact) mass is 729 g/mol. The van der Waals surface area contributed by atoms with Crippen LogP contribution in [0.4, 0.5) is 0 Å². The molecule has 0 bridgehead atoms. The largest absolute Gasteiger partial charge is 0.460 e. The van der Waals surface area contributed by atoms with Crippen molar-refractivity contribution in [2.24, 2.45) is 22.9 Å². The normalized spacial score (nSPS) is 25.7. The van der Waals surface area contributed by atoms with Gasteiger partial charge in [0.1, 0.15) is 23.9 Å². The molecule has 1 fully saturated rings. The van der Waals surface area contributed by atoms with E-state index in [2.05, 4.69) is 61.4 Å². The van der Waals surface area contributed by atoms with Crippen molar-refractivity contribution in [1.29, 1.82) is 0 Å². The van der Waals surface area contributed by atoms with E-state index in [1.807, 2.05) is 37.3 Å². The molecule has 51 heavy (non-hydrogen) atoms. The maximum Gasteiger partial charge on any atom is 0.231 e. The SMILES string of the molecule is C=CCOC12Oc3ccc(Oc4ccc(SC)cc4)cc3C3C(CCCCO)C(CCCCO)C=C(C(=NOCC)CC1Sc1ccccc1)C32. The summed E-state index contributed by atoms with van der Waals surface area (Å²) < 4.78 is 20.8. The molecule has 0 aromatic heterocycles. The Morgan fingerprint density at radius 3 is 2.39 bits per heavy atom. The second kappa shape index (κ2) is 18.0. The molecule has 0 amide bonds. The summed E-state index contributed by atoms with van der Waals surface area (Å²) >= 11 is 3.47. The molecule has 1 saturated carbocycles. The van der Waals surface area contributed by atoms with Crippen molar-refractivity contribution < 1.29 is 29.3 Å². The number of ether oxygens (including phenoxy) is 3. The highest BCUT2D eigenvalue weighted by Gasteiger charge is 2.64. The summed E-state index contributed by atoms with van der Waals surface area (Å²) in [5.41, 5.74) is 3.16. The number of nitrogens with zero attached hydrogens (tertiary/aromatic N) is 1. The molecule has 6 rings (SSSR count). The predicted molar refractivity (Wildman–Crippen MR) is 207 cm³/mol. The van der Waals surface area contributed by atoms with Gasteiger partial charge < -0.3 is 29.3 Å². The zero-order chi connectivity index (χ0) is 35.6. The highest BCUT2D eigenvalue weighted by Crippen LogP contribution is 2.63. The summed E-state index contributed by atoms with van der Waals surface area (Å²) in [6, 6.07) is 24.8. The van der Waals surface area contributed by atoms with E-state index in [1.165, 1.54) is 4.90 Å². The van der Waals surface area contributed by atoms with Crippen LogP contribution < -0.4 is 9.47 Å². The van der Waals surface area contributed by atoms with Crippen molar-refractivity contribution in [3.8, 4) is 17.2 Å². The third-order valence-corrected chi connectivity index (χ3v) is 12.3. The average molecular weight is 730 g/mol. The standard InChI is InChI=1S/C42H51NO6S2/c1-4-25-46-42-39(51-33-14-7-6-8-15-33)28-37(43-47-5-2)35-26-29(13-9-11-23-44)34(16-10-12-24-45)40(41(35)42)36-27-31(19-22-38(36)49-42)48-30-17-20-32(50-3)21-18-30/h4,6-8,14-15,17-22,26-27,29,34,39-41,44-45H,1,5,9-13,16,23-25,28H2,2-3H3. The molecule has 2 N–H and O–H groups in total. The van der Waals surface area contributed by atoms with Crippen LogP contribution in [0.2, 0.25) is 0 Å². The third kappa shape index (κ3) is 8.39. The van der Waals surface area contributed by atoms with Gasteiger partial charge >= 0.3 is 0 Å². The third-order valence-electron chi connectivity index (χ3n) is 10.2. The van der Waals surface area contributed by atoms with Gasteiger partial charge in [-0.05, 0) is 111 Å². The maximum absolute atomic E-state index is 9.86. The molecule has 1 heterocycles. The molecular formula is C42H51NO6S2. The second-order valence-electron chi connectivity index (χ2n) is 13.4. The van der Waals surface area contributed by atoms with Crippen molar-refractivity contribution in [3.63, 3.8) is 0 Å².